The number of hydrogen-bond donors (Lipinski definition) is 1. The fourth-order valence-electron chi connectivity index (χ4n) is 2.94. The van der Waals surface area contributed by atoms with E-state index < -0.39 is 0 Å². The van der Waals surface area contributed by atoms with Gasteiger partial charge in [0, 0.05) is 19.1 Å². The van der Waals surface area contributed by atoms with Crippen molar-refractivity contribution in [2.75, 3.05) is 13.1 Å². The van der Waals surface area contributed by atoms with E-state index in [0.29, 0.717) is 12.6 Å². The van der Waals surface area contributed by atoms with Gasteiger partial charge in [0.15, 0.2) is 0 Å². The smallest absolute Gasteiger partial charge is 0.230 e. The molecule has 1 aliphatic rings. The molecule has 1 saturated heterocycles. The van der Waals surface area contributed by atoms with Crippen molar-refractivity contribution < 1.29 is 4.79 Å². The van der Waals surface area contributed by atoms with Gasteiger partial charge < -0.3 is 10.6 Å². The molecule has 1 fully saturated rings. The van der Waals surface area contributed by atoms with E-state index in [4.69, 9.17) is 5.73 Å². The molecule has 0 aliphatic carbocycles. The molecule has 0 aromatic heterocycles. The maximum Gasteiger partial charge on any atom is 0.230 e. The minimum Gasteiger partial charge on any atom is -0.339 e. The van der Waals surface area contributed by atoms with E-state index in [1.165, 1.54) is 0 Å². The molecule has 0 saturated carbocycles. The molecule has 100 valence electrons. The van der Waals surface area contributed by atoms with Crippen LogP contribution in [-0.2, 0) is 4.79 Å². The van der Waals surface area contributed by atoms with Gasteiger partial charge in [0.1, 0.15) is 0 Å². The molecule has 1 amide bonds. The first-order valence-corrected chi connectivity index (χ1v) is 7.01. The molecule has 1 rings (SSSR count). The average Bonchev–Trinajstić information content (AvgIpc) is 2.32. The molecular formula is C14H28N2O. The molecule has 2 N–H and O–H groups in total. The summed E-state index contributed by atoms with van der Waals surface area (Å²) in [6, 6.07) is 0.371. The van der Waals surface area contributed by atoms with Crippen LogP contribution in [0.25, 0.3) is 0 Å². The topological polar surface area (TPSA) is 46.3 Å². The highest BCUT2D eigenvalue weighted by Gasteiger charge is 2.39. The van der Waals surface area contributed by atoms with Crippen molar-refractivity contribution in [1.82, 2.24) is 4.90 Å². The second kappa shape index (κ2) is 5.85. The van der Waals surface area contributed by atoms with Crippen LogP contribution in [0.4, 0.5) is 0 Å². The zero-order valence-electron chi connectivity index (χ0n) is 11.8. The third-order valence-electron chi connectivity index (χ3n) is 4.60. The summed E-state index contributed by atoms with van der Waals surface area (Å²) in [5, 5.41) is 0. The molecule has 2 unspecified atom stereocenters. The summed E-state index contributed by atoms with van der Waals surface area (Å²) in [6.45, 7) is 9.96. The number of amides is 1. The molecule has 0 spiro atoms. The Kier molecular flexibility index (Phi) is 4.99. The molecule has 2 atom stereocenters. The lowest BCUT2D eigenvalue weighted by Gasteiger charge is -2.42. The number of likely N-dealkylation sites (tertiary alicyclic amines) is 1. The van der Waals surface area contributed by atoms with Gasteiger partial charge in [0.25, 0.3) is 0 Å². The Hall–Kier alpha value is -0.570. The minimum absolute atomic E-state index is 0.282. The average molecular weight is 240 g/mol. The van der Waals surface area contributed by atoms with Crippen LogP contribution in [0.5, 0.6) is 0 Å². The van der Waals surface area contributed by atoms with Crippen LogP contribution in [0.15, 0.2) is 0 Å². The fraction of sp³-hybridized carbons (Fsp3) is 0.929. The van der Waals surface area contributed by atoms with Crippen molar-refractivity contribution in [3.63, 3.8) is 0 Å². The van der Waals surface area contributed by atoms with E-state index in [2.05, 4.69) is 32.6 Å². The molecule has 17 heavy (non-hydrogen) atoms. The molecule has 0 aromatic rings. The van der Waals surface area contributed by atoms with Crippen molar-refractivity contribution in [2.24, 2.45) is 17.1 Å². The highest BCUT2D eigenvalue weighted by molar-refractivity contribution is 5.83. The molecule has 1 heterocycles. The lowest BCUT2D eigenvalue weighted by molar-refractivity contribution is -0.146. The van der Waals surface area contributed by atoms with Crippen LogP contribution in [0, 0.1) is 11.3 Å². The SMILES string of the molecule is CCC(CC)(CN)C(=O)N1CCC(C)CC1C. The number of nitrogens with zero attached hydrogens (tertiary/aromatic N) is 1. The second-order valence-corrected chi connectivity index (χ2v) is 5.67. The summed E-state index contributed by atoms with van der Waals surface area (Å²) in [6.07, 6.45) is 3.94. The van der Waals surface area contributed by atoms with Crippen LogP contribution < -0.4 is 5.73 Å². The first-order valence-electron chi connectivity index (χ1n) is 7.01. The third-order valence-corrected chi connectivity index (χ3v) is 4.60. The normalized spacial score (nSPS) is 26.1. The Morgan fingerprint density at radius 1 is 1.35 bits per heavy atom. The monoisotopic (exact) mass is 240 g/mol. The van der Waals surface area contributed by atoms with Gasteiger partial charge in [-0.1, -0.05) is 20.8 Å². The number of carbonyl (C=O) groups excluding carboxylic acids is 1. The third kappa shape index (κ3) is 2.82. The number of hydrogen-bond acceptors (Lipinski definition) is 2. The van der Waals surface area contributed by atoms with Crippen molar-refractivity contribution in [3.05, 3.63) is 0 Å². The Labute approximate surface area is 106 Å². The number of rotatable bonds is 4. The van der Waals surface area contributed by atoms with E-state index in [1.54, 1.807) is 0 Å². The van der Waals surface area contributed by atoms with Crippen LogP contribution in [0.3, 0.4) is 0 Å². The van der Waals surface area contributed by atoms with Crippen molar-refractivity contribution in [3.8, 4) is 0 Å². The predicted molar refractivity (Wildman–Crippen MR) is 71.6 cm³/mol. The minimum atomic E-state index is -0.325. The van der Waals surface area contributed by atoms with E-state index in [-0.39, 0.29) is 11.3 Å². The molecule has 0 radical (unpaired) electrons. The summed E-state index contributed by atoms with van der Waals surface area (Å²) >= 11 is 0. The van der Waals surface area contributed by atoms with Crippen molar-refractivity contribution in [2.45, 2.75) is 59.4 Å². The van der Waals surface area contributed by atoms with Gasteiger partial charge in [-0.2, -0.15) is 0 Å². The van der Waals surface area contributed by atoms with E-state index in [9.17, 15) is 4.79 Å². The van der Waals surface area contributed by atoms with Gasteiger partial charge in [-0.25, -0.2) is 0 Å². The largest absolute Gasteiger partial charge is 0.339 e. The summed E-state index contributed by atoms with van der Waals surface area (Å²) in [5.41, 5.74) is 5.54. The molecule has 1 aliphatic heterocycles. The van der Waals surface area contributed by atoms with Gasteiger partial charge >= 0.3 is 0 Å². The van der Waals surface area contributed by atoms with Crippen LogP contribution in [-0.4, -0.2) is 29.9 Å². The lowest BCUT2D eigenvalue weighted by Crippen LogP contribution is -2.53. The molecule has 3 nitrogen and oxygen atoms in total. The number of carbonyl (C=O) groups is 1. The maximum atomic E-state index is 12.7. The first kappa shape index (κ1) is 14.5. The van der Waals surface area contributed by atoms with Crippen LogP contribution in [0.1, 0.15) is 53.4 Å². The van der Waals surface area contributed by atoms with Gasteiger partial charge in [-0.15, -0.1) is 0 Å². The predicted octanol–water partition coefficient (Wildman–Crippen LogP) is 2.40. The summed E-state index contributed by atoms with van der Waals surface area (Å²) < 4.78 is 0. The Morgan fingerprint density at radius 2 is 1.94 bits per heavy atom. The second-order valence-electron chi connectivity index (χ2n) is 5.67. The Balaban J connectivity index is 2.81. The fourth-order valence-corrected chi connectivity index (χ4v) is 2.94. The summed E-state index contributed by atoms with van der Waals surface area (Å²) in [5.74, 6) is 1.02. The highest BCUT2D eigenvalue weighted by atomic mass is 16.2. The van der Waals surface area contributed by atoms with Gasteiger partial charge in [-0.05, 0) is 38.5 Å². The Bertz CT molecular complexity index is 253. The van der Waals surface area contributed by atoms with E-state index in [0.717, 1.165) is 38.1 Å². The molecule has 0 bridgehead atoms. The first-order chi connectivity index (χ1) is 8.00. The zero-order chi connectivity index (χ0) is 13.1. The van der Waals surface area contributed by atoms with E-state index >= 15 is 0 Å². The molecule has 0 aromatic carbocycles. The standard InChI is InChI=1S/C14H28N2O/c1-5-14(6-2,10-15)13(17)16-8-7-11(3)9-12(16)4/h11-12H,5-10,15H2,1-4H3. The summed E-state index contributed by atoms with van der Waals surface area (Å²) in [7, 11) is 0. The van der Waals surface area contributed by atoms with Crippen molar-refractivity contribution >= 4 is 5.91 Å². The Morgan fingerprint density at radius 3 is 2.35 bits per heavy atom. The summed E-state index contributed by atoms with van der Waals surface area (Å²) in [4.78, 5) is 14.7. The molecular weight excluding hydrogens is 212 g/mol. The van der Waals surface area contributed by atoms with Crippen molar-refractivity contribution in [1.29, 1.82) is 0 Å². The van der Waals surface area contributed by atoms with Crippen LogP contribution in [0.2, 0.25) is 0 Å². The quantitative estimate of drug-likeness (QED) is 0.820. The lowest BCUT2D eigenvalue weighted by atomic mass is 9.79. The number of nitrogens with two attached hydrogens (primary N) is 1. The maximum absolute atomic E-state index is 12.7. The molecule has 3 heteroatoms. The van der Waals surface area contributed by atoms with Gasteiger partial charge in [0.2, 0.25) is 5.91 Å². The highest BCUT2D eigenvalue weighted by Crippen LogP contribution is 2.32. The van der Waals surface area contributed by atoms with Gasteiger partial charge in [-0.3, -0.25) is 4.79 Å². The van der Waals surface area contributed by atoms with Gasteiger partial charge in [0.05, 0.1) is 5.41 Å². The van der Waals surface area contributed by atoms with E-state index in [1.807, 2.05) is 0 Å². The zero-order valence-corrected chi connectivity index (χ0v) is 11.8. The number of piperidine rings is 1. The van der Waals surface area contributed by atoms with Crippen LogP contribution >= 0.6 is 0 Å².